The zero-order valence-electron chi connectivity index (χ0n) is 11.7. The smallest absolute Gasteiger partial charge is 0.338 e. The Morgan fingerprint density at radius 3 is 2.28 bits per heavy atom. The first-order valence-corrected chi connectivity index (χ1v) is 6.12. The van der Waals surface area contributed by atoms with Crippen molar-refractivity contribution >= 4 is 11.8 Å². The van der Waals surface area contributed by atoms with Crippen LogP contribution in [0.15, 0.2) is 18.2 Å². The summed E-state index contributed by atoms with van der Waals surface area (Å²) in [4.78, 5) is 23.5. The standard InChI is InChI=1S/C15H20O3/c1-6-13(16)12-8-7-11(9-10(12)2)14(17)18-15(3,4)5/h7-9H,6H2,1-5H3. The number of benzene rings is 1. The highest BCUT2D eigenvalue weighted by Crippen LogP contribution is 2.16. The fourth-order valence-electron chi connectivity index (χ4n) is 1.63. The SMILES string of the molecule is CCC(=O)c1ccc(C(=O)OC(C)(C)C)cc1C. The highest BCUT2D eigenvalue weighted by atomic mass is 16.6. The van der Waals surface area contributed by atoms with Gasteiger partial charge in [0.05, 0.1) is 5.56 Å². The Kier molecular flexibility index (Phi) is 4.28. The Bertz CT molecular complexity index is 467. The highest BCUT2D eigenvalue weighted by Gasteiger charge is 2.18. The summed E-state index contributed by atoms with van der Waals surface area (Å²) in [7, 11) is 0. The molecule has 0 aliphatic rings. The molecule has 3 heteroatoms. The third kappa shape index (κ3) is 3.69. The lowest BCUT2D eigenvalue weighted by molar-refractivity contribution is 0.00692. The molecule has 0 unspecified atom stereocenters. The Morgan fingerprint density at radius 1 is 1.22 bits per heavy atom. The minimum Gasteiger partial charge on any atom is -0.456 e. The van der Waals surface area contributed by atoms with E-state index in [0.717, 1.165) is 5.56 Å². The molecule has 0 aliphatic heterocycles. The molecule has 0 N–H and O–H groups in total. The van der Waals surface area contributed by atoms with Crippen LogP contribution in [0, 0.1) is 6.92 Å². The van der Waals surface area contributed by atoms with E-state index in [2.05, 4.69) is 0 Å². The van der Waals surface area contributed by atoms with Gasteiger partial charge in [-0.05, 0) is 45.4 Å². The normalized spacial score (nSPS) is 11.2. The molecule has 18 heavy (non-hydrogen) atoms. The summed E-state index contributed by atoms with van der Waals surface area (Å²) in [6.45, 7) is 9.13. The minimum absolute atomic E-state index is 0.0863. The molecule has 0 saturated carbocycles. The van der Waals surface area contributed by atoms with Gasteiger partial charge in [-0.25, -0.2) is 4.79 Å². The second kappa shape index (κ2) is 5.34. The van der Waals surface area contributed by atoms with E-state index in [4.69, 9.17) is 4.74 Å². The summed E-state index contributed by atoms with van der Waals surface area (Å²) < 4.78 is 5.28. The van der Waals surface area contributed by atoms with Gasteiger partial charge >= 0.3 is 5.97 Å². The van der Waals surface area contributed by atoms with Gasteiger partial charge in [0, 0.05) is 12.0 Å². The largest absolute Gasteiger partial charge is 0.456 e. The quantitative estimate of drug-likeness (QED) is 0.607. The predicted molar refractivity (Wildman–Crippen MR) is 71.0 cm³/mol. The molecule has 1 rings (SSSR count). The van der Waals surface area contributed by atoms with Gasteiger partial charge in [-0.15, -0.1) is 0 Å². The lowest BCUT2D eigenvalue weighted by Crippen LogP contribution is -2.24. The highest BCUT2D eigenvalue weighted by molar-refractivity contribution is 5.98. The molecule has 1 aromatic rings. The molecule has 0 heterocycles. The summed E-state index contributed by atoms with van der Waals surface area (Å²) in [5.41, 5.74) is 1.45. The second-order valence-corrected chi connectivity index (χ2v) is 5.31. The van der Waals surface area contributed by atoms with Gasteiger partial charge in [0.15, 0.2) is 5.78 Å². The Labute approximate surface area is 108 Å². The lowest BCUT2D eigenvalue weighted by Gasteiger charge is -2.19. The maximum atomic E-state index is 11.9. The van der Waals surface area contributed by atoms with Gasteiger partial charge in [-0.3, -0.25) is 4.79 Å². The van der Waals surface area contributed by atoms with Crippen molar-refractivity contribution < 1.29 is 14.3 Å². The van der Waals surface area contributed by atoms with Crippen molar-refractivity contribution in [3.8, 4) is 0 Å². The molecular weight excluding hydrogens is 228 g/mol. The molecular formula is C15H20O3. The van der Waals surface area contributed by atoms with Gasteiger partial charge in [0.1, 0.15) is 5.60 Å². The predicted octanol–water partition coefficient (Wildman–Crippen LogP) is 3.54. The van der Waals surface area contributed by atoms with Crippen molar-refractivity contribution in [3.63, 3.8) is 0 Å². The van der Waals surface area contributed by atoms with E-state index in [1.54, 1.807) is 18.2 Å². The summed E-state index contributed by atoms with van der Waals surface area (Å²) >= 11 is 0. The van der Waals surface area contributed by atoms with E-state index in [9.17, 15) is 9.59 Å². The number of aryl methyl sites for hydroxylation is 1. The number of hydrogen-bond acceptors (Lipinski definition) is 3. The molecule has 3 nitrogen and oxygen atoms in total. The van der Waals surface area contributed by atoms with Crippen molar-refractivity contribution in [2.24, 2.45) is 0 Å². The fourth-order valence-corrected chi connectivity index (χ4v) is 1.63. The van der Waals surface area contributed by atoms with E-state index in [1.165, 1.54) is 0 Å². The molecule has 0 saturated heterocycles. The molecule has 0 bridgehead atoms. The van der Waals surface area contributed by atoms with Crippen molar-refractivity contribution in [2.75, 3.05) is 0 Å². The molecule has 0 aromatic heterocycles. The molecule has 0 radical (unpaired) electrons. The van der Waals surface area contributed by atoms with Crippen LogP contribution in [0.4, 0.5) is 0 Å². The Morgan fingerprint density at radius 2 is 1.83 bits per heavy atom. The summed E-state index contributed by atoms with van der Waals surface area (Å²) in [6, 6.07) is 5.04. The zero-order chi connectivity index (χ0) is 13.9. The van der Waals surface area contributed by atoms with Crippen molar-refractivity contribution in [1.82, 2.24) is 0 Å². The fraction of sp³-hybridized carbons (Fsp3) is 0.467. The molecule has 0 atom stereocenters. The number of ketones is 1. The van der Waals surface area contributed by atoms with Gasteiger partial charge in [0.2, 0.25) is 0 Å². The van der Waals surface area contributed by atoms with Gasteiger partial charge < -0.3 is 4.74 Å². The Balaban J connectivity index is 2.98. The Hall–Kier alpha value is -1.64. The van der Waals surface area contributed by atoms with Crippen LogP contribution in [0.1, 0.15) is 60.4 Å². The van der Waals surface area contributed by atoms with Crippen LogP contribution >= 0.6 is 0 Å². The number of hydrogen-bond donors (Lipinski definition) is 0. The zero-order valence-corrected chi connectivity index (χ0v) is 11.7. The van der Waals surface area contributed by atoms with Crippen LogP contribution in [0.5, 0.6) is 0 Å². The molecule has 0 fully saturated rings. The number of esters is 1. The first-order valence-electron chi connectivity index (χ1n) is 6.12. The van der Waals surface area contributed by atoms with E-state index in [0.29, 0.717) is 17.5 Å². The van der Waals surface area contributed by atoms with Crippen molar-refractivity contribution in [2.45, 2.75) is 46.6 Å². The summed E-state index contributed by atoms with van der Waals surface area (Å²) in [5.74, 6) is -0.274. The molecule has 98 valence electrons. The van der Waals surface area contributed by atoms with Crippen LogP contribution < -0.4 is 0 Å². The van der Waals surface area contributed by atoms with E-state index in [1.807, 2.05) is 34.6 Å². The van der Waals surface area contributed by atoms with E-state index < -0.39 is 5.60 Å². The molecule has 0 amide bonds. The van der Waals surface area contributed by atoms with Crippen LogP contribution in [0.25, 0.3) is 0 Å². The first kappa shape index (κ1) is 14.4. The number of Topliss-reactive ketones (excluding diaryl/α,β-unsaturated/α-hetero) is 1. The number of carbonyl (C=O) groups is 2. The monoisotopic (exact) mass is 248 g/mol. The van der Waals surface area contributed by atoms with Crippen LogP contribution in [-0.4, -0.2) is 17.4 Å². The van der Waals surface area contributed by atoms with Gasteiger partial charge in [0.25, 0.3) is 0 Å². The maximum absolute atomic E-state index is 11.9. The second-order valence-electron chi connectivity index (χ2n) is 5.31. The third-order valence-corrected chi connectivity index (χ3v) is 2.48. The third-order valence-electron chi connectivity index (χ3n) is 2.48. The number of carbonyl (C=O) groups excluding carboxylic acids is 2. The van der Waals surface area contributed by atoms with Crippen molar-refractivity contribution in [3.05, 3.63) is 34.9 Å². The minimum atomic E-state index is -0.511. The lowest BCUT2D eigenvalue weighted by atomic mass is 10.0. The van der Waals surface area contributed by atoms with Crippen LogP contribution in [-0.2, 0) is 4.74 Å². The van der Waals surface area contributed by atoms with Gasteiger partial charge in [-0.2, -0.15) is 0 Å². The van der Waals surface area contributed by atoms with E-state index in [-0.39, 0.29) is 11.8 Å². The maximum Gasteiger partial charge on any atom is 0.338 e. The topological polar surface area (TPSA) is 43.4 Å². The average Bonchev–Trinajstić information content (AvgIpc) is 2.25. The summed E-state index contributed by atoms with van der Waals surface area (Å²) in [6.07, 6.45) is 0.465. The van der Waals surface area contributed by atoms with Crippen molar-refractivity contribution in [1.29, 1.82) is 0 Å². The number of ether oxygens (including phenoxy) is 1. The van der Waals surface area contributed by atoms with E-state index >= 15 is 0 Å². The first-order chi connectivity index (χ1) is 8.24. The van der Waals surface area contributed by atoms with Crippen LogP contribution in [0.2, 0.25) is 0 Å². The van der Waals surface area contributed by atoms with Crippen LogP contribution in [0.3, 0.4) is 0 Å². The molecule has 1 aromatic carbocycles. The number of rotatable bonds is 3. The summed E-state index contributed by atoms with van der Waals surface area (Å²) in [5, 5.41) is 0. The molecule has 0 spiro atoms. The molecule has 0 aliphatic carbocycles. The average molecular weight is 248 g/mol. The van der Waals surface area contributed by atoms with Gasteiger partial charge in [-0.1, -0.05) is 13.0 Å².